The van der Waals surface area contributed by atoms with Crippen LogP contribution >= 0.6 is 0 Å². The number of carbonyl (C=O) groups is 1. The van der Waals surface area contributed by atoms with Crippen molar-refractivity contribution in [1.82, 2.24) is 5.32 Å². The highest BCUT2D eigenvalue weighted by Crippen LogP contribution is 2.25. The van der Waals surface area contributed by atoms with Crippen molar-refractivity contribution < 1.29 is 39.4 Å². The van der Waals surface area contributed by atoms with Crippen LogP contribution in [0.3, 0.4) is 0 Å². The Morgan fingerprint density at radius 1 is 1.03 bits per heavy atom. The van der Waals surface area contributed by atoms with E-state index < -0.39 is 48.9 Å². The largest absolute Gasteiger partial charge is 0.465 e. The van der Waals surface area contributed by atoms with Gasteiger partial charge in [0.2, 0.25) is 12.2 Å². The maximum atomic E-state index is 12.5. The quantitative estimate of drug-likeness (QED) is 0.317. The van der Waals surface area contributed by atoms with Gasteiger partial charge < -0.3 is 45.7 Å². The lowest BCUT2D eigenvalue weighted by Crippen LogP contribution is -2.49. The van der Waals surface area contributed by atoms with Crippen molar-refractivity contribution >= 4 is 5.91 Å². The minimum Gasteiger partial charge on any atom is -0.465 e. The van der Waals surface area contributed by atoms with Gasteiger partial charge in [0.15, 0.2) is 0 Å². The van der Waals surface area contributed by atoms with Crippen molar-refractivity contribution in [2.24, 2.45) is 5.73 Å². The molecule has 3 rings (SSSR count). The molecule has 0 spiro atoms. The zero-order chi connectivity index (χ0) is 21.7. The molecule has 10 nitrogen and oxygen atoms in total. The van der Waals surface area contributed by atoms with E-state index in [2.05, 4.69) is 5.32 Å². The van der Waals surface area contributed by atoms with E-state index in [9.17, 15) is 25.2 Å². The van der Waals surface area contributed by atoms with Crippen LogP contribution < -0.4 is 15.8 Å². The number of aliphatic hydroxyl groups is 4. The first-order chi connectivity index (χ1) is 14.4. The van der Waals surface area contributed by atoms with Crippen LogP contribution in [-0.2, 0) is 14.3 Å². The summed E-state index contributed by atoms with van der Waals surface area (Å²) in [4.78, 5) is 12.5. The molecule has 5 unspecified atom stereocenters. The van der Waals surface area contributed by atoms with Crippen molar-refractivity contribution in [2.45, 2.75) is 68.7 Å². The molecule has 168 valence electrons. The van der Waals surface area contributed by atoms with Crippen molar-refractivity contribution in [1.29, 1.82) is 0 Å². The van der Waals surface area contributed by atoms with Gasteiger partial charge in [0.1, 0.15) is 18.0 Å². The van der Waals surface area contributed by atoms with Crippen LogP contribution in [0.2, 0.25) is 0 Å². The van der Waals surface area contributed by atoms with Gasteiger partial charge in [-0.2, -0.15) is 0 Å². The van der Waals surface area contributed by atoms with Gasteiger partial charge in [-0.3, -0.25) is 4.79 Å². The lowest BCUT2D eigenvalue weighted by Gasteiger charge is -2.33. The van der Waals surface area contributed by atoms with Gasteiger partial charge in [0, 0.05) is 25.7 Å². The highest BCUT2D eigenvalue weighted by atomic mass is 16.7. The van der Waals surface area contributed by atoms with Crippen LogP contribution in [0.15, 0.2) is 24.3 Å². The van der Waals surface area contributed by atoms with Crippen molar-refractivity contribution in [3.05, 3.63) is 29.8 Å². The monoisotopic (exact) mass is 426 g/mol. The van der Waals surface area contributed by atoms with E-state index in [4.69, 9.17) is 19.9 Å². The minimum atomic E-state index is -0.958. The maximum Gasteiger partial charge on any atom is 0.243 e. The fraction of sp³-hybridized carbons (Fsp3) is 0.650. The minimum absolute atomic E-state index is 0.194. The molecule has 10 heteroatoms. The molecule has 2 aliphatic heterocycles. The van der Waals surface area contributed by atoms with Crippen LogP contribution in [0.4, 0.5) is 0 Å². The van der Waals surface area contributed by atoms with E-state index in [1.165, 1.54) is 0 Å². The Kier molecular flexibility index (Phi) is 8.00. The predicted octanol–water partition coefficient (Wildman–Crippen LogP) is -1.10. The molecule has 0 aromatic heterocycles. The van der Waals surface area contributed by atoms with Crippen molar-refractivity contribution in [3.8, 4) is 5.75 Å². The Bertz CT molecular complexity index is 688. The van der Waals surface area contributed by atoms with Gasteiger partial charge in [0.25, 0.3) is 0 Å². The molecule has 2 aliphatic rings. The zero-order valence-corrected chi connectivity index (χ0v) is 16.6. The van der Waals surface area contributed by atoms with E-state index in [0.717, 1.165) is 0 Å². The molecule has 7 atom stereocenters. The molecule has 0 aliphatic carbocycles. The van der Waals surface area contributed by atoms with E-state index in [1.807, 2.05) is 0 Å². The van der Waals surface area contributed by atoms with Gasteiger partial charge in [0.05, 0.1) is 37.6 Å². The number of nitrogens with one attached hydrogen (secondary N) is 1. The number of ether oxygens (including phenoxy) is 3. The third-order valence-corrected chi connectivity index (χ3v) is 5.22. The summed E-state index contributed by atoms with van der Waals surface area (Å²) in [6.45, 7) is -0.432. The number of benzene rings is 1. The molecule has 0 radical (unpaired) electrons. The van der Waals surface area contributed by atoms with Gasteiger partial charge >= 0.3 is 0 Å². The molecule has 0 saturated carbocycles. The average Bonchev–Trinajstić information content (AvgIpc) is 2.72. The smallest absolute Gasteiger partial charge is 0.243 e. The third kappa shape index (κ3) is 6.11. The average molecular weight is 426 g/mol. The number of nitrogens with two attached hydrogens (primary N) is 1. The van der Waals surface area contributed by atoms with Crippen LogP contribution in [0.25, 0.3) is 0 Å². The van der Waals surface area contributed by atoms with E-state index in [1.54, 1.807) is 24.3 Å². The Hall–Kier alpha value is -1.79. The molecular formula is C20H30N2O8. The molecular weight excluding hydrogens is 396 g/mol. The summed E-state index contributed by atoms with van der Waals surface area (Å²) in [7, 11) is 0. The van der Waals surface area contributed by atoms with Crippen molar-refractivity contribution in [3.63, 3.8) is 0 Å². The topological polar surface area (TPSA) is 164 Å². The summed E-state index contributed by atoms with van der Waals surface area (Å²) < 4.78 is 16.8. The van der Waals surface area contributed by atoms with Gasteiger partial charge in [-0.15, -0.1) is 0 Å². The molecule has 30 heavy (non-hydrogen) atoms. The van der Waals surface area contributed by atoms with Gasteiger partial charge in [-0.05, 0) is 17.7 Å². The third-order valence-electron chi connectivity index (χ3n) is 5.22. The Balaban J connectivity index is 1.54. The molecule has 7 N–H and O–H groups in total. The van der Waals surface area contributed by atoms with Gasteiger partial charge in [-0.25, -0.2) is 0 Å². The van der Waals surface area contributed by atoms with E-state index in [0.29, 0.717) is 30.6 Å². The number of aliphatic hydroxyl groups excluding tert-OH is 4. The Labute approximate surface area is 174 Å². The normalized spacial score (nSPS) is 33.0. The van der Waals surface area contributed by atoms with E-state index >= 15 is 0 Å². The van der Waals surface area contributed by atoms with Crippen LogP contribution in [0.5, 0.6) is 5.75 Å². The lowest BCUT2D eigenvalue weighted by molar-refractivity contribution is -0.184. The SMILES string of the molecule is NC(C(=O)NC1C[C@@H](O)CC(CO)O1)c1ccc(OC2C[C@@H](O)CC(CO)O2)cc1. The molecule has 2 heterocycles. The molecule has 1 aromatic rings. The van der Waals surface area contributed by atoms with Crippen LogP contribution in [0, 0.1) is 0 Å². The standard InChI is InChI=1S/C20H30N2O8/c21-19(20(27)22-17-7-12(25)5-15(9-23)28-17)11-1-3-14(4-2-11)29-18-8-13(26)6-16(10-24)30-18/h1-4,12-13,15-19,23-26H,5-10,21H2,(H,22,27)/t12-,13-,15?,16?,17?,18?,19?/m0/s1. The van der Waals surface area contributed by atoms with E-state index in [-0.39, 0.29) is 19.6 Å². The Morgan fingerprint density at radius 2 is 1.63 bits per heavy atom. The first kappa shape index (κ1) is 22.9. The highest BCUT2D eigenvalue weighted by Gasteiger charge is 2.31. The summed E-state index contributed by atoms with van der Waals surface area (Å²) in [5, 5.41) is 40.8. The number of carbonyl (C=O) groups excluding carboxylic acids is 1. The first-order valence-electron chi connectivity index (χ1n) is 10.1. The number of rotatable bonds is 7. The maximum absolute atomic E-state index is 12.5. The number of hydrogen-bond acceptors (Lipinski definition) is 9. The fourth-order valence-electron chi connectivity index (χ4n) is 3.65. The molecule has 2 saturated heterocycles. The van der Waals surface area contributed by atoms with Gasteiger partial charge in [-0.1, -0.05) is 12.1 Å². The summed E-state index contributed by atoms with van der Waals surface area (Å²) in [6, 6.07) is 5.62. The van der Waals surface area contributed by atoms with Crippen LogP contribution in [-0.4, -0.2) is 76.5 Å². The summed E-state index contributed by atoms with van der Waals surface area (Å²) in [5.74, 6) is 0.00986. The zero-order valence-electron chi connectivity index (χ0n) is 16.6. The second-order valence-corrected chi connectivity index (χ2v) is 7.72. The highest BCUT2D eigenvalue weighted by molar-refractivity contribution is 5.83. The summed E-state index contributed by atoms with van der Waals surface area (Å²) in [5.41, 5.74) is 6.59. The lowest BCUT2D eigenvalue weighted by atomic mass is 10.0. The van der Waals surface area contributed by atoms with Crippen LogP contribution in [0.1, 0.15) is 37.3 Å². The molecule has 1 amide bonds. The fourth-order valence-corrected chi connectivity index (χ4v) is 3.65. The number of hydrogen-bond donors (Lipinski definition) is 6. The Morgan fingerprint density at radius 3 is 2.27 bits per heavy atom. The first-order valence-corrected chi connectivity index (χ1v) is 10.1. The number of amides is 1. The molecule has 2 fully saturated rings. The van der Waals surface area contributed by atoms with Crippen molar-refractivity contribution in [2.75, 3.05) is 13.2 Å². The second kappa shape index (κ2) is 10.5. The second-order valence-electron chi connectivity index (χ2n) is 7.72. The molecule has 1 aromatic carbocycles. The summed E-state index contributed by atoms with van der Waals surface area (Å²) in [6.07, 6.45) is -2.48. The molecule has 0 bridgehead atoms. The predicted molar refractivity (Wildman–Crippen MR) is 104 cm³/mol. The summed E-state index contributed by atoms with van der Waals surface area (Å²) >= 11 is 0.